The lowest BCUT2D eigenvalue weighted by atomic mass is 10.1. The summed E-state index contributed by atoms with van der Waals surface area (Å²) >= 11 is 0. The molecule has 2 amide bonds. The second-order valence-corrected chi connectivity index (χ2v) is 6.68. The monoisotopic (exact) mass is 398 g/mol. The molecule has 0 radical (unpaired) electrons. The zero-order valence-electron chi connectivity index (χ0n) is 15.3. The lowest BCUT2D eigenvalue weighted by Crippen LogP contribution is -2.39. The first-order chi connectivity index (χ1) is 13.9. The average Bonchev–Trinajstić information content (AvgIpc) is 2.73. The number of nitrogens with zero attached hydrogens (tertiary/aromatic N) is 3. The van der Waals surface area contributed by atoms with Crippen molar-refractivity contribution >= 4 is 11.7 Å². The first-order valence-corrected chi connectivity index (χ1v) is 9.04. The molecule has 0 spiro atoms. The topological polar surface area (TPSA) is 58.1 Å². The highest BCUT2D eigenvalue weighted by Crippen LogP contribution is 2.34. The molecule has 0 aliphatic carbocycles. The predicted molar refractivity (Wildman–Crippen MR) is 102 cm³/mol. The Bertz CT molecular complexity index is 1040. The molecule has 0 atom stereocenters. The summed E-state index contributed by atoms with van der Waals surface area (Å²) < 4.78 is 39.4. The summed E-state index contributed by atoms with van der Waals surface area (Å²) in [6.07, 6.45) is -2.36. The highest BCUT2D eigenvalue weighted by atomic mass is 19.4. The second kappa shape index (κ2) is 7.54. The Labute approximate surface area is 165 Å². The number of nitrogens with one attached hydrogen (secondary N) is 1. The summed E-state index contributed by atoms with van der Waals surface area (Å²) in [6, 6.07) is 13.9. The van der Waals surface area contributed by atoms with Gasteiger partial charge in [-0.05, 0) is 12.1 Å². The third kappa shape index (κ3) is 4.06. The van der Waals surface area contributed by atoms with Crippen molar-refractivity contribution in [3.8, 4) is 11.4 Å². The van der Waals surface area contributed by atoms with Crippen LogP contribution in [-0.2, 0) is 19.1 Å². The number of urea groups is 1. The second-order valence-electron chi connectivity index (χ2n) is 6.68. The van der Waals surface area contributed by atoms with Gasteiger partial charge in [-0.3, -0.25) is 0 Å². The highest BCUT2D eigenvalue weighted by molar-refractivity contribution is 5.90. The maximum absolute atomic E-state index is 13.1. The van der Waals surface area contributed by atoms with Crippen molar-refractivity contribution in [2.24, 2.45) is 0 Å². The number of benzene rings is 2. The molecule has 0 fully saturated rings. The molecule has 1 aliphatic rings. The molecule has 148 valence electrons. The fourth-order valence-electron chi connectivity index (χ4n) is 3.25. The molecular weight excluding hydrogens is 381 g/mol. The van der Waals surface area contributed by atoms with Crippen molar-refractivity contribution in [1.82, 2.24) is 14.9 Å². The van der Waals surface area contributed by atoms with Crippen LogP contribution < -0.4 is 5.32 Å². The van der Waals surface area contributed by atoms with Crippen LogP contribution in [0.5, 0.6) is 0 Å². The van der Waals surface area contributed by atoms with Gasteiger partial charge < -0.3 is 10.2 Å². The van der Waals surface area contributed by atoms with Crippen LogP contribution in [0.25, 0.3) is 11.4 Å². The number of para-hydroxylation sites is 1. The van der Waals surface area contributed by atoms with Gasteiger partial charge in [0.05, 0.1) is 23.5 Å². The van der Waals surface area contributed by atoms with Crippen LogP contribution in [0.1, 0.15) is 16.8 Å². The van der Waals surface area contributed by atoms with Crippen molar-refractivity contribution in [2.75, 3.05) is 11.9 Å². The Balaban J connectivity index is 1.50. The van der Waals surface area contributed by atoms with Gasteiger partial charge in [0.25, 0.3) is 0 Å². The van der Waals surface area contributed by atoms with Crippen LogP contribution in [0.2, 0.25) is 0 Å². The number of rotatable bonds is 2. The van der Waals surface area contributed by atoms with E-state index in [2.05, 4.69) is 15.3 Å². The van der Waals surface area contributed by atoms with Gasteiger partial charge in [-0.2, -0.15) is 13.2 Å². The summed E-state index contributed by atoms with van der Waals surface area (Å²) in [7, 11) is 0. The number of amides is 2. The summed E-state index contributed by atoms with van der Waals surface area (Å²) in [4.78, 5) is 23.0. The average molecular weight is 398 g/mol. The van der Waals surface area contributed by atoms with Crippen molar-refractivity contribution in [3.63, 3.8) is 0 Å². The quantitative estimate of drug-likeness (QED) is 0.678. The third-order valence-electron chi connectivity index (χ3n) is 4.73. The van der Waals surface area contributed by atoms with Gasteiger partial charge in [0, 0.05) is 30.3 Å². The van der Waals surface area contributed by atoms with Crippen LogP contribution in [0, 0.1) is 0 Å². The SMILES string of the molecule is O=C(Nc1ccccc1C(F)(F)F)N1CCc2nc(-c3ccccc3)ncc2C1. The summed E-state index contributed by atoms with van der Waals surface area (Å²) in [5, 5.41) is 2.38. The lowest BCUT2D eigenvalue weighted by molar-refractivity contribution is -0.136. The van der Waals surface area contributed by atoms with Gasteiger partial charge >= 0.3 is 12.2 Å². The normalized spacial score (nSPS) is 13.7. The van der Waals surface area contributed by atoms with Crippen molar-refractivity contribution in [1.29, 1.82) is 0 Å². The number of carbonyl (C=O) groups excluding carboxylic acids is 1. The predicted octanol–water partition coefficient (Wildman–Crippen LogP) is 4.75. The molecule has 1 aliphatic heterocycles. The van der Waals surface area contributed by atoms with E-state index in [1.165, 1.54) is 23.1 Å². The van der Waals surface area contributed by atoms with E-state index in [1.54, 1.807) is 6.20 Å². The molecule has 0 bridgehead atoms. The Hall–Kier alpha value is -3.42. The third-order valence-corrected chi connectivity index (χ3v) is 4.73. The zero-order valence-corrected chi connectivity index (χ0v) is 15.3. The van der Waals surface area contributed by atoms with Crippen molar-refractivity contribution < 1.29 is 18.0 Å². The summed E-state index contributed by atoms with van der Waals surface area (Å²) in [5.41, 5.74) is 1.40. The molecule has 29 heavy (non-hydrogen) atoms. The Kier molecular flexibility index (Phi) is 4.92. The number of fused-ring (bicyclic) bond motifs is 1. The minimum atomic E-state index is -4.54. The van der Waals surface area contributed by atoms with Gasteiger partial charge in [-0.1, -0.05) is 42.5 Å². The Morgan fingerprint density at radius 1 is 1.03 bits per heavy atom. The smallest absolute Gasteiger partial charge is 0.320 e. The van der Waals surface area contributed by atoms with Gasteiger partial charge in [0.2, 0.25) is 0 Å². The molecule has 2 aromatic carbocycles. The van der Waals surface area contributed by atoms with Crippen LogP contribution in [-0.4, -0.2) is 27.4 Å². The molecular formula is C21H17F3N4O. The molecule has 8 heteroatoms. The number of anilines is 1. The molecule has 1 N–H and O–H groups in total. The van der Waals surface area contributed by atoms with Gasteiger partial charge in [0.15, 0.2) is 5.82 Å². The molecule has 0 unspecified atom stereocenters. The van der Waals surface area contributed by atoms with E-state index in [9.17, 15) is 18.0 Å². The van der Waals surface area contributed by atoms with E-state index in [0.717, 1.165) is 22.9 Å². The molecule has 1 aromatic heterocycles. The number of halogens is 3. The van der Waals surface area contributed by atoms with Crippen LogP contribution >= 0.6 is 0 Å². The van der Waals surface area contributed by atoms with E-state index in [4.69, 9.17) is 0 Å². The van der Waals surface area contributed by atoms with Crippen LogP contribution in [0.15, 0.2) is 60.8 Å². The van der Waals surface area contributed by atoms with E-state index in [1.807, 2.05) is 30.3 Å². The molecule has 3 aromatic rings. The minimum Gasteiger partial charge on any atom is -0.320 e. The first-order valence-electron chi connectivity index (χ1n) is 9.04. The van der Waals surface area contributed by atoms with E-state index in [-0.39, 0.29) is 12.2 Å². The number of aromatic nitrogens is 2. The fraction of sp³-hybridized carbons (Fsp3) is 0.190. The van der Waals surface area contributed by atoms with Crippen molar-refractivity contribution in [2.45, 2.75) is 19.1 Å². The molecule has 5 nitrogen and oxygen atoms in total. The molecule has 0 saturated carbocycles. The number of alkyl halides is 3. The molecule has 4 rings (SSSR count). The highest BCUT2D eigenvalue weighted by Gasteiger charge is 2.34. The van der Waals surface area contributed by atoms with E-state index >= 15 is 0 Å². The number of hydrogen-bond acceptors (Lipinski definition) is 3. The zero-order chi connectivity index (χ0) is 20.4. The first kappa shape index (κ1) is 18.9. The van der Waals surface area contributed by atoms with Gasteiger partial charge in [-0.25, -0.2) is 14.8 Å². The largest absolute Gasteiger partial charge is 0.418 e. The number of hydrogen-bond donors (Lipinski definition) is 1. The van der Waals surface area contributed by atoms with Crippen molar-refractivity contribution in [3.05, 3.63) is 77.6 Å². The lowest BCUT2D eigenvalue weighted by Gasteiger charge is -2.28. The number of carbonyl (C=O) groups is 1. The molecule has 0 saturated heterocycles. The summed E-state index contributed by atoms with van der Waals surface area (Å²) in [5.74, 6) is 0.612. The van der Waals surface area contributed by atoms with E-state index < -0.39 is 17.8 Å². The summed E-state index contributed by atoms with van der Waals surface area (Å²) in [6.45, 7) is 0.600. The van der Waals surface area contributed by atoms with Crippen LogP contribution in [0.3, 0.4) is 0 Å². The maximum Gasteiger partial charge on any atom is 0.418 e. The van der Waals surface area contributed by atoms with E-state index in [0.29, 0.717) is 18.8 Å². The van der Waals surface area contributed by atoms with Gasteiger partial charge in [0.1, 0.15) is 0 Å². The van der Waals surface area contributed by atoms with Gasteiger partial charge in [-0.15, -0.1) is 0 Å². The van der Waals surface area contributed by atoms with Crippen LogP contribution in [0.4, 0.5) is 23.7 Å². The Morgan fingerprint density at radius 3 is 2.52 bits per heavy atom. The maximum atomic E-state index is 13.1. The molecule has 2 heterocycles. The standard InChI is InChI=1S/C21H17F3N4O/c22-21(23,24)16-8-4-5-9-18(16)27-20(29)28-11-10-17-15(13-28)12-25-19(26-17)14-6-2-1-3-7-14/h1-9,12H,10-11,13H2,(H,27,29). The fourth-order valence-corrected chi connectivity index (χ4v) is 3.25. The minimum absolute atomic E-state index is 0.240. The Morgan fingerprint density at radius 2 is 1.76 bits per heavy atom.